The molecule has 0 radical (unpaired) electrons. The highest BCUT2D eigenvalue weighted by Crippen LogP contribution is 2.14. The molecule has 0 aromatic heterocycles. The van der Waals surface area contributed by atoms with Gasteiger partial charge >= 0.3 is 0 Å². The second-order valence-corrected chi connectivity index (χ2v) is 5.73. The van der Waals surface area contributed by atoms with Crippen LogP contribution in [0, 0.1) is 0 Å². The highest BCUT2D eigenvalue weighted by atomic mass is 35.5. The third-order valence-corrected chi connectivity index (χ3v) is 3.96. The zero-order chi connectivity index (χ0) is 12.2. The molecule has 1 aromatic carbocycles. The predicted molar refractivity (Wildman–Crippen MR) is 64.1 cm³/mol. The normalized spacial score (nSPS) is 11.1. The summed E-state index contributed by atoms with van der Waals surface area (Å²) in [5.41, 5.74) is 0.840. The lowest BCUT2D eigenvalue weighted by Gasteiger charge is -2.02. The molecule has 0 saturated heterocycles. The predicted octanol–water partition coefficient (Wildman–Crippen LogP) is 2.26. The lowest BCUT2D eigenvalue weighted by Crippen LogP contribution is -2.08. The number of benzene rings is 1. The molecule has 1 aromatic rings. The molecular formula is C11H11ClO3S. The van der Waals surface area contributed by atoms with E-state index in [9.17, 15) is 13.2 Å². The van der Waals surface area contributed by atoms with Crippen LogP contribution in [0.4, 0.5) is 0 Å². The number of carbonyl (C=O) groups is 1. The Hall–Kier alpha value is -1.13. The molecule has 0 N–H and O–H groups in total. The largest absolute Gasteiger partial charge is 0.281 e. The van der Waals surface area contributed by atoms with E-state index in [1.54, 1.807) is 18.2 Å². The topological polar surface area (TPSA) is 51.2 Å². The number of carbonyl (C=O) groups excluding carboxylic acids is 1. The van der Waals surface area contributed by atoms with Gasteiger partial charge in [0.2, 0.25) is 5.24 Å². The fourth-order valence-electron chi connectivity index (χ4n) is 1.14. The Morgan fingerprint density at radius 1 is 1.31 bits per heavy atom. The first-order chi connectivity index (χ1) is 7.45. The molecule has 0 heterocycles. The van der Waals surface area contributed by atoms with Gasteiger partial charge in [0.25, 0.3) is 0 Å². The van der Waals surface area contributed by atoms with Crippen molar-refractivity contribution in [1.29, 1.82) is 0 Å². The van der Waals surface area contributed by atoms with E-state index < -0.39 is 15.1 Å². The van der Waals surface area contributed by atoms with Gasteiger partial charge in [0.05, 0.1) is 10.6 Å². The number of halogens is 1. The van der Waals surface area contributed by atoms with E-state index in [4.69, 9.17) is 11.6 Å². The van der Waals surface area contributed by atoms with Gasteiger partial charge < -0.3 is 0 Å². The summed E-state index contributed by atoms with van der Waals surface area (Å²) in [7, 11) is -3.42. The van der Waals surface area contributed by atoms with Crippen LogP contribution in [-0.4, -0.2) is 19.4 Å². The molecule has 0 unspecified atom stereocenters. The van der Waals surface area contributed by atoms with Crippen molar-refractivity contribution in [3.8, 4) is 0 Å². The van der Waals surface area contributed by atoms with E-state index in [1.165, 1.54) is 12.1 Å². The number of hydrogen-bond donors (Lipinski definition) is 0. The number of sulfone groups is 1. The lowest BCUT2D eigenvalue weighted by molar-refractivity contribution is -0.111. The van der Waals surface area contributed by atoms with E-state index in [2.05, 4.69) is 6.58 Å². The average Bonchev–Trinajstić information content (AvgIpc) is 2.27. The summed E-state index contributed by atoms with van der Waals surface area (Å²) < 4.78 is 23.4. The minimum absolute atomic E-state index is 0.174. The summed E-state index contributed by atoms with van der Waals surface area (Å²) in [6.45, 7) is 3.57. The van der Waals surface area contributed by atoms with Gasteiger partial charge in [-0.1, -0.05) is 24.8 Å². The van der Waals surface area contributed by atoms with Crippen LogP contribution < -0.4 is 0 Å². The van der Waals surface area contributed by atoms with Crippen LogP contribution in [0.5, 0.6) is 0 Å². The lowest BCUT2D eigenvalue weighted by atomic mass is 10.2. The number of rotatable bonds is 5. The van der Waals surface area contributed by atoms with Crippen LogP contribution in [0.1, 0.15) is 12.0 Å². The van der Waals surface area contributed by atoms with Gasteiger partial charge in [-0.05, 0) is 29.3 Å². The molecule has 0 atom stereocenters. The van der Waals surface area contributed by atoms with E-state index in [1.807, 2.05) is 0 Å². The molecular weight excluding hydrogens is 248 g/mol. The van der Waals surface area contributed by atoms with Crippen LogP contribution in [0.15, 0.2) is 35.7 Å². The molecule has 0 amide bonds. The SMILES string of the molecule is C=Cc1ccc(S(=O)(=O)CCC(=O)Cl)cc1. The highest BCUT2D eigenvalue weighted by molar-refractivity contribution is 7.91. The van der Waals surface area contributed by atoms with Crippen LogP contribution in [0.25, 0.3) is 6.08 Å². The Labute approximate surface area is 99.7 Å². The molecule has 0 fully saturated rings. The van der Waals surface area contributed by atoms with Crippen molar-refractivity contribution in [1.82, 2.24) is 0 Å². The smallest absolute Gasteiger partial charge is 0.222 e. The van der Waals surface area contributed by atoms with Crippen molar-refractivity contribution in [2.45, 2.75) is 11.3 Å². The first-order valence-electron chi connectivity index (χ1n) is 4.59. The molecule has 0 aliphatic rings. The maximum atomic E-state index is 11.7. The van der Waals surface area contributed by atoms with Gasteiger partial charge in [0.1, 0.15) is 0 Å². The summed E-state index contributed by atoms with van der Waals surface area (Å²) in [5.74, 6) is -0.261. The Morgan fingerprint density at radius 2 is 1.88 bits per heavy atom. The maximum absolute atomic E-state index is 11.7. The van der Waals surface area contributed by atoms with E-state index in [0.29, 0.717) is 0 Å². The van der Waals surface area contributed by atoms with Gasteiger partial charge in [-0.15, -0.1) is 0 Å². The molecule has 1 rings (SSSR count). The minimum atomic E-state index is -3.42. The molecule has 3 nitrogen and oxygen atoms in total. The molecule has 0 saturated carbocycles. The molecule has 86 valence electrons. The Kier molecular flexibility index (Phi) is 4.26. The quantitative estimate of drug-likeness (QED) is 0.762. The maximum Gasteiger partial charge on any atom is 0.222 e. The van der Waals surface area contributed by atoms with Crippen molar-refractivity contribution >= 4 is 32.8 Å². The molecule has 0 aliphatic carbocycles. The average molecular weight is 259 g/mol. The first-order valence-corrected chi connectivity index (χ1v) is 6.62. The fourth-order valence-corrected chi connectivity index (χ4v) is 2.59. The number of hydrogen-bond acceptors (Lipinski definition) is 3. The van der Waals surface area contributed by atoms with Crippen LogP contribution in [0.2, 0.25) is 0 Å². The molecule has 0 bridgehead atoms. The van der Waals surface area contributed by atoms with Gasteiger partial charge in [-0.3, -0.25) is 4.79 Å². The summed E-state index contributed by atoms with van der Waals surface area (Å²) in [4.78, 5) is 10.7. The summed E-state index contributed by atoms with van der Waals surface area (Å²) >= 11 is 5.10. The summed E-state index contributed by atoms with van der Waals surface area (Å²) in [6.07, 6.45) is 1.45. The van der Waals surface area contributed by atoms with Gasteiger partial charge in [-0.25, -0.2) is 8.42 Å². The van der Waals surface area contributed by atoms with Crippen LogP contribution in [0.3, 0.4) is 0 Å². The Morgan fingerprint density at radius 3 is 2.31 bits per heavy atom. The summed E-state index contributed by atoms with van der Waals surface area (Å²) in [6, 6.07) is 6.29. The third-order valence-electron chi connectivity index (χ3n) is 2.04. The zero-order valence-corrected chi connectivity index (χ0v) is 10.1. The monoisotopic (exact) mass is 258 g/mol. The van der Waals surface area contributed by atoms with Crippen molar-refractivity contribution < 1.29 is 13.2 Å². The highest BCUT2D eigenvalue weighted by Gasteiger charge is 2.15. The Bertz CT molecular complexity index is 488. The third kappa shape index (κ3) is 3.47. The van der Waals surface area contributed by atoms with E-state index in [-0.39, 0.29) is 17.1 Å². The summed E-state index contributed by atoms with van der Waals surface area (Å²) in [5, 5.41) is -0.647. The minimum Gasteiger partial charge on any atom is -0.281 e. The molecule has 5 heteroatoms. The zero-order valence-electron chi connectivity index (χ0n) is 8.52. The first kappa shape index (κ1) is 12.9. The van der Waals surface area contributed by atoms with Crippen LogP contribution >= 0.6 is 11.6 Å². The van der Waals surface area contributed by atoms with Gasteiger partial charge in [-0.2, -0.15) is 0 Å². The van der Waals surface area contributed by atoms with Crippen LogP contribution in [-0.2, 0) is 14.6 Å². The van der Waals surface area contributed by atoms with Crippen molar-refractivity contribution in [3.63, 3.8) is 0 Å². The second-order valence-electron chi connectivity index (χ2n) is 3.20. The molecule has 0 aliphatic heterocycles. The van der Waals surface area contributed by atoms with Gasteiger partial charge in [0, 0.05) is 6.42 Å². The van der Waals surface area contributed by atoms with Crippen molar-refractivity contribution in [2.75, 3.05) is 5.75 Å². The standard InChI is InChI=1S/C11H11ClO3S/c1-2-9-3-5-10(6-4-9)16(14,15)8-7-11(12)13/h2-6H,1,7-8H2. The molecule has 16 heavy (non-hydrogen) atoms. The fraction of sp³-hybridized carbons (Fsp3) is 0.182. The van der Waals surface area contributed by atoms with E-state index >= 15 is 0 Å². The Balaban J connectivity index is 2.89. The van der Waals surface area contributed by atoms with Crippen molar-refractivity contribution in [3.05, 3.63) is 36.4 Å². The van der Waals surface area contributed by atoms with Gasteiger partial charge in [0.15, 0.2) is 9.84 Å². The van der Waals surface area contributed by atoms with Crippen molar-refractivity contribution in [2.24, 2.45) is 0 Å². The molecule has 0 spiro atoms. The second kappa shape index (κ2) is 5.27. The van der Waals surface area contributed by atoms with E-state index in [0.717, 1.165) is 5.56 Å².